The molecule has 3 unspecified atom stereocenters. The Kier molecular flexibility index (Phi) is 6.18. The van der Waals surface area contributed by atoms with Crippen molar-refractivity contribution in [2.24, 2.45) is 0 Å². The molecule has 0 bridgehead atoms. The van der Waals surface area contributed by atoms with Gasteiger partial charge in [0.25, 0.3) is 7.52 Å². The molecular weight excluding hydrogens is 321 g/mol. The van der Waals surface area contributed by atoms with Crippen LogP contribution in [-0.2, 0) is 9.09 Å². The van der Waals surface area contributed by atoms with E-state index in [2.05, 4.69) is 32.0 Å². The summed E-state index contributed by atoms with van der Waals surface area (Å²) in [5, 5.41) is 11.1. The molecule has 0 aromatic rings. The molecule has 4 atom stereocenters. The van der Waals surface area contributed by atoms with E-state index < -0.39 is 18.8 Å². The van der Waals surface area contributed by atoms with E-state index in [1.807, 2.05) is 13.0 Å². The third-order valence-electron chi connectivity index (χ3n) is 6.14. The van der Waals surface area contributed by atoms with Crippen molar-refractivity contribution in [2.45, 2.75) is 89.1 Å². The summed E-state index contributed by atoms with van der Waals surface area (Å²) in [5.74, 6) is 0. The molecule has 0 saturated carbocycles. The maximum atomic E-state index is 14.3. The van der Waals surface area contributed by atoms with Gasteiger partial charge in [-0.05, 0) is 45.4 Å². The Bertz CT molecular complexity index is 520. The SMILES string of the molecule is C=CC(C1(O)C=CCC1)P1(=O)O[C@@H](C)CCN1C(CC)(CC)CC. The number of allylic oxidation sites excluding steroid dienone is 1. The zero-order valence-electron chi connectivity index (χ0n) is 15.7. The van der Waals surface area contributed by atoms with Crippen LogP contribution in [0, 0.1) is 0 Å². The van der Waals surface area contributed by atoms with Crippen LogP contribution in [0.5, 0.6) is 0 Å². The first-order valence-electron chi connectivity index (χ1n) is 9.40. The molecule has 1 aliphatic carbocycles. The van der Waals surface area contributed by atoms with E-state index in [0.29, 0.717) is 6.42 Å². The summed E-state index contributed by atoms with van der Waals surface area (Å²) in [7, 11) is -3.26. The number of rotatable bonds is 7. The first kappa shape index (κ1) is 19.9. The van der Waals surface area contributed by atoms with Gasteiger partial charge in [0, 0.05) is 12.1 Å². The highest BCUT2D eigenvalue weighted by Crippen LogP contribution is 2.66. The topological polar surface area (TPSA) is 49.8 Å². The minimum absolute atomic E-state index is 0.0632. The Hall–Kier alpha value is -0.410. The van der Waals surface area contributed by atoms with E-state index in [0.717, 1.165) is 38.6 Å². The number of hydrogen-bond donors (Lipinski definition) is 1. The van der Waals surface area contributed by atoms with E-state index >= 15 is 0 Å². The van der Waals surface area contributed by atoms with Crippen molar-refractivity contribution in [3.63, 3.8) is 0 Å². The van der Waals surface area contributed by atoms with Crippen LogP contribution in [0.25, 0.3) is 0 Å². The Balaban J connectivity index is 2.52. The Labute approximate surface area is 147 Å². The molecule has 2 rings (SSSR count). The van der Waals surface area contributed by atoms with Gasteiger partial charge in [0.15, 0.2) is 0 Å². The summed E-state index contributed by atoms with van der Waals surface area (Å²) < 4.78 is 22.5. The highest BCUT2D eigenvalue weighted by Gasteiger charge is 2.56. The number of hydrogen-bond acceptors (Lipinski definition) is 3. The van der Waals surface area contributed by atoms with Crippen LogP contribution in [-0.4, -0.2) is 39.2 Å². The average molecular weight is 355 g/mol. The summed E-state index contributed by atoms with van der Waals surface area (Å²) in [5.41, 5.74) is -1.86. The molecule has 0 amide bonds. The quantitative estimate of drug-likeness (QED) is 0.521. The van der Waals surface area contributed by atoms with E-state index in [-0.39, 0.29) is 11.6 Å². The minimum atomic E-state index is -3.26. The molecule has 1 heterocycles. The lowest BCUT2D eigenvalue weighted by atomic mass is 9.89. The van der Waals surface area contributed by atoms with Crippen molar-refractivity contribution >= 4 is 7.52 Å². The minimum Gasteiger partial charge on any atom is -0.385 e. The molecule has 138 valence electrons. The summed E-state index contributed by atoms with van der Waals surface area (Å²) in [6.45, 7) is 13.1. The standard InChI is InChI=1S/C19H34NO3P/c1-6-17(19(21)13-10-11-14-19)24(22)20(15-12-16(5)23-24)18(7-2,8-3)9-4/h6,10,13,16-17,21H,1,7-9,11-12,14-15H2,2-5H3/t16-,17?,19?,24?/m0/s1. The molecule has 0 radical (unpaired) electrons. The van der Waals surface area contributed by atoms with Gasteiger partial charge in [-0.3, -0.25) is 4.57 Å². The third-order valence-corrected chi connectivity index (χ3v) is 9.46. The van der Waals surface area contributed by atoms with Crippen LogP contribution >= 0.6 is 7.52 Å². The van der Waals surface area contributed by atoms with Gasteiger partial charge in [-0.1, -0.05) is 39.0 Å². The Morgan fingerprint density at radius 2 is 2.08 bits per heavy atom. The fourth-order valence-electron chi connectivity index (χ4n) is 4.41. The van der Waals surface area contributed by atoms with Gasteiger partial charge in [-0.25, -0.2) is 4.67 Å². The van der Waals surface area contributed by atoms with Crippen molar-refractivity contribution in [2.75, 3.05) is 6.54 Å². The van der Waals surface area contributed by atoms with Crippen molar-refractivity contribution in [1.29, 1.82) is 0 Å². The molecule has 0 spiro atoms. The first-order chi connectivity index (χ1) is 11.3. The zero-order valence-corrected chi connectivity index (χ0v) is 16.6. The molecule has 5 heteroatoms. The second kappa shape index (κ2) is 7.45. The number of nitrogens with zero attached hydrogens (tertiary/aromatic N) is 1. The van der Waals surface area contributed by atoms with Gasteiger partial charge in [-0.2, -0.15) is 0 Å². The second-order valence-corrected chi connectivity index (χ2v) is 9.67. The van der Waals surface area contributed by atoms with Crippen molar-refractivity contribution in [1.82, 2.24) is 4.67 Å². The summed E-state index contributed by atoms with van der Waals surface area (Å²) in [4.78, 5) is 0. The maximum Gasteiger partial charge on any atom is 0.283 e. The normalized spacial score (nSPS) is 36.0. The fourth-order valence-corrected chi connectivity index (χ4v) is 8.03. The highest BCUT2D eigenvalue weighted by molar-refractivity contribution is 7.57. The Morgan fingerprint density at radius 1 is 1.46 bits per heavy atom. The summed E-state index contributed by atoms with van der Waals surface area (Å²) >= 11 is 0. The zero-order chi connectivity index (χ0) is 18.0. The van der Waals surface area contributed by atoms with E-state index in [1.165, 1.54) is 0 Å². The lowest BCUT2D eigenvalue weighted by Crippen LogP contribution is -2.53. The fraction of sp³-hybridized carbons (Fsp3) is 0.789. The van der Waals surface area contributed by atoms with Gasteiger partial charge in [0.1, 0.15) is 5.66 Å². The molecule has 4 nitrogen and oxygen atoms in total. The summed E-state index contributed by atoms with van der Waals surface area (Å²) in [6.07, 6.45) is 10.4. The molecule has 1 aliphatic heterocycles. The molecule has 1 N–H and O–H groups in total. The van der Waals surface area contributed by atoms with Crippen molar-refractivity contribution < 1.29 is 14.2 Å². The van der Waals surface area contributed by atoms with E-state index in [1.54, 1.807) is 12.2 Å². The molecule has 0 aromatic heterocycles. The van der Waals surface area contributed by atoms with Crippen LogP contribution in [0.1, 0.15) is 66.2 Å². The average Bonchev–Trinajstić information content (AvgIpc) is 2.98. The Morgan fingerprint density at radius 3 is 2.54 bits per heavy atom. The van der Waals surface area contributed by atoms with Crippen LogP contribution in [0.4, 0.5) is 0 Å². The van der Waals surface area contributed by atoms with Gasteiger partial charge in [0.2, 0.25) is 0 Å². The van der Waals surface area contributed by atoms with Gasteiger partial charge in [0.05, 0.1) is 11.7 Å². The highest BCUT2D eigenvalue weighted by atomic mass is 31.2. The lowest BCUT2D eigenvalue weighted by Gasteiger charge is -2.52. The molecular formula is C19H34NO3P. The van der Waals surface area contributed by atoms with Gasteiger partial charge >= 0.3 is 0 Å². The van der Waals surface area contributed by atoms with E-state index in [4.69, 9.17) is 4.52 Å². The summed E-state index contributed by atoms with van der Waals surface area (Å²) in [6, 6.07) is 0. The monoisotopic (exact) mass is 355 g/mol. The maximum absolute atomic E-state index is 14.3. The molecule has 0 aromatic carbocycles. The van der Waals surface area contributed by atoms with Crippen LogP contribution in [0.15, 0.2) is 24.8 Å². The second-order valence-electron chi connectivity index (χ2n) is 7.29. The third kappa shape index (κ3) is 3.19. The van der Waals surface area contributed by atoms with Gasteiger partial charge in [-0.15, -0.1) is 6.58 Å². The molecule has 2 aliphatic rings. The van der Waals surface area contributed by atoms with Crippen molar-refractivity contribution in [3.05, 3.63) is 24.8 Å². The first-order valence-corrected chi connectivity index (χ1v) is 11.1. The molecule has 1 fully saturated rings. The van der Waals surface area contributed by atoms with Crippen molar-refractivity contribution in [3.8, 4) is 0 Å². The molecule has 1 saturated heterocycles. The van der Waals surface area contributed by atoms with Crippen LogP contribution in [0.3, 0.4) is 0 Å². The van der Waals surface area contributed by atoms with Gasteiger partial charge < -0.3 is 9.63 Å². The predicted molar refractivity (Wildman–Crippen MR) is 100 cm³/mol. The van der Waals surface area contributed by atoms with Crippen LogP contribution in [0.2, 0.25) is 0 Å². The van der Waals surface area contributed by atoms with E-state index in [9.17, 15) is 9.67 Å². The smallest absolute Gasteiger partial charge is 0.283 e. The number of aliphatic hydroxyl groups is 1. The lowest BCUT2D eigenvalue weighted by molar-refractivity contribution is 0.0445. The molecule has 24 heavy (non-hydrogen) atoms. The van der Waals surface area contributed by atoms with Crippen LogP contribution < -0.4 is 0 Å². The predicted octanol–water partition coefficient (Wildman–Crippen LogP) is 4.89. The largest absolute Gasteiger partial charge is 0.385 e.